The third-order valence-electron chi connectivity index (χ3n) is 2.63. The van der Waals surface area contributed by atoms with Gasteiger partial charge in [-0.2, -0.15) is 5.26 Å². The molecule has 0 saturated heterocycles. The molecule has 0 aliphatic heterocycles. The van der Waals surface area contributed by atoms with Crippen molar-refractivity contribution in [1.82, 2.24) is 0 Å². The summed E-state index contributed by atoms with van der Waals surface area (Å²) in [6, 6.07) is 15.1. The molecule has 3 nitrogen and oxygen atoms in total. The van der Waals surface area contributed by atoms with Crippen molar-refractivity contribution < 1.29 is 4.74 Å². The summed E-state index contributed by atoms with van der Waals surface area (Å²) < 4.78 is 5.10. The Morgan fingerprint density at radius 2 is 1.82 bits per heavy atom. The zero-order valence-corrected chi connectivity index (χ0v) is 9.47. The minimum absolute atomic E-state index is 0.498. The molecule has 2 aromatic carbocycles. The molecular weight excluding hydrogens is 212 g/mol. The van der Waals surface area contributed by atoms with E-state index in [0.717, 1.165) is 16.9 Å². The van der Waals surface area contributed by atoms with Crippen LogP contribution in [0.4, 0.5) is 5.69 Å². The van der Waals surface area contributed by atoms with Crippen molar-refractivity contribution in [1.29, 1.82) is 5.26 Å². The molecule has 84 valence electrons. The van der Waals surface area contributed by atoms with Gasteiger partial charge in [0.25, 0.3) is 0 Å². The number of nitrogen functional groups attached to an aromatic ring is 1. The third kappa shape index (κ3) is 2.06. The van der Waals surface area contributed by atoms with E-state index in [4.69, 9.17) is 15.7 Å². The highest BCUT2D eigenvalue weighted by Crippen LogP contribution is 2.29. The molecule has 0 amide bonds. The first-order valence-corrected chi connectivity index (χ1v) is 5.19. The van der Waals surface area contributed by atoms with Crippen LogP contribution in [0.3, 0.4) is 0 Å². The summed E-state index contributed by atoms with van der Waals surface area (Å²) in [6.45, 7) is 0. The Kier molecular flexibility index (Phi) is 2.97. The van der Waals surface area contributed by atoms with Gasteiger partial charge in [0.05, 0.1) is 18.4 Å². The molecule has 0 aliphatic carbocycles. The van der Waals surface area contributed by atoms with Crippen molar-refractivity contribution >= 4 is 5.69 Å². The predicted molar refractivity (Wildman–Crippen MR) is 67.6 cm³/mol. The van der Waals surface area contributed by atoms with Crippen molar-refractivity contribution in [2.45, 2.75) is 0 Å². The van der Waals surface area contributed by atoms with Crippen LogP contribution in [0, 0.1) is 11.3 Å². The monoisotopic (exact) mass is 224 g/mol. The lowest BCUT2D eigenvalue weighted by Gasteiger charge is -2.07. The van der Waals surface area contributed by atoms with Crippen molar-refractivity contribution in [3.05, 3.63) is 48.0 Å². The van der Waals surface area contributed by atoms with E-state index in [0.29, 0.717) is 11.3 Å². The van der Waals surface area contributed by atoms with E-state index in [1.807, 2.05) is 36.4 Å². The minimum atomic E-state index is 0.498. The van der Waals surface area contributed by atoms with Crippen LogP contribution in [0.15, 0.2) is 42.5 Å². The summed E-state index contributed by atoms with van der Waals surface area (Å²) in [4.78, 5) is 0. The van der Waals surface area contributed by atoms with Crippen LogP contribution in [-0.4, -0.2) is 7.11 Å². The smallest absolute Gasteiger partial charge is 0.118 e. The Hall–Kier alpha value is -2.47. The molecule has 0 heterocycles. The summed E-state index contributed by atoms with van der Waals surface area (Å²) in [7, 11) is 1.62. The SMILES string of the molecule is COc1ccc(-c2cccc(C#N)c2N)cc1. The van der Waals surface area contributed by atoms with Crippen LogP contribution >= 0.6 is 0 Å². The number of methoxy groups -OCH3 is 1. The molecule has 0 aromatic heterocycles. The van der Waals surface area contributed by atoms with Gasteiger partial charge in [-0.05, 0) is 23.8 Å². The Morgan fingerprint density at radius 1 is 1.12 bits per heavy atom. The molecule has 0 aliphatic rings. The van der Waals surface area contributed by atoms with Gasteiger partial charge in [0.15, 0.2) is 0 Å². The number of benzene rings is 2. The highest BCUT2D eigenvalue weighted by atomic mass is 16.5. The lowest BCUT2D eigenvalue weighted by atomic mass is 10.0. The topological polar surface area (TPSA) is 59.0 Å². The van der Waals surface area contributed by atoms with E-state index in [1.54, 1.807) is 13.2 Å². The van der Waals surface area contributed by atoms with Crippen LogP contribution in [0.25, 0.3) is 11.1 Å². The van der Waals surface area contributed by atoms with E-state index in [9.17, 15) is 0 Å². The second-order valence-corrected chi connectivity index (χ2v) is 3.61. The van der Waals surface area contributed by atoms with Gasteiger partial charge in [-0.25, -0.2) is 0 Å². The maximum Gasteiger partial charge on any atom is 0.118 e. The first-order chi connectivity index (χ1) is 8.26. The zero-order chi connectivity index (χ0) is 12.3. The average Bonchev–Trinajstić information content (AvgIpc) is 2.39. The van der Waals surface area contributed by atoms with Crippen LogP contribution in [0.5, 0.6) is 5.75 Å². The Morgan fingerprint density at radius 3 is 2.41 bits per heavy atom. The van der Waals surface area contributed by atoms with Gasteiger partial charge in [-0.3, -0.25) is 0 Å². The van der Waals surface area contributed by atoms with E-state index < -0.39 is 0 Å². The predicted octanol–water partition coefficient (Wildman–Crippen LogP) is 2.82. The number of para-hydroxylation sites is 1. The minimum Gasteiger partial charge on any atom is -0.497 e. The third-order valence-corrected chi connectivity index (χ3v) is 2.63. The van der Waals surface area contributed by atoms with E-state index in [2.05, 4.69) is 6.07 Å². The summed E-state index contributed by atoms with van der Waals surface area (Å²) in [5, 5.41) is 8.92. The quantitative estimate of drug-likeness (QED) is 0.798. The molecule has 0 unspecified atom stereocenters. The molecule has 0 radical (unpaired) electrons. The van der Waals surface area contributed by atoms with Crippen LogP contribution in [0.2, 0.25) is 0 Å². The fraction of sp³-hybridized carbons (Fsp3) is 0.0714. The number of hydrogen-bond acceptors (Lipinski definition) is 3. The second-order valence-electron chi connectivity index (χ2n) is 3.61. The van der Waals surface area contributed by atoms with Gasteiger partial charge in [0.1, 0.15) is 11.8 Å². The molecule has 2 aromatic rings. The van der Waals surface area contributed by atoms with Gasteiger partial charge >= 0.3 is 0 Å². The van der Waals surface area contributed by atoms with Crippen LogP contribution < -0.4 is 10.5 Å². The molecule has 2 N–H and O–H groups in total. The fourth-order valence-electron chi connectivity index (χ4n) is 1.69. The molecule has 2 rings (SSSR count). The normalized spacial score (nSPS) is 9.65. The lowest BCUT2D eigenvalue weighted by molar-refractivity contribution is 0.415. The fourth-order valence-corrected chi connectivity index (χ4v) is 1.69. The van der Waals surface area contributed by atoms with Crippen molar-refractivity contribution in [3.8, 4) is 22.9 Å². The standard InChI is InChI=1S/C14H12N2O/c1-17-12-7-5-10(6-8-12)13-4-2-3-11(9-15)14(13)16/h2-8H,16H2,1H3. The first kappa shape index (κ1) is 11.0. The molecule has 0 bridgehead atoms. The number of nitrogens with zero attached hydrogens (tertiary/aromatic N) is 1. The molecule has 3 heteroatoms. The number of hydrogen-bond donors (Lipinski definition) is 1. The maximum absolute atomic E-state index is 8.92. The van der Waals surface area contributed by atoms with Gasteiger partial charge in [-0.15, -0.1) is 0 Å². The Labute approximate surface area is 100 Å². The van der Waals surface area contributed by atoms with Crippen LogP contribution in [-0.2, 0) is 0 Å². The summed E-state index contributed by atoms with van der Waals surface area (Å²) in [5.41, 5.74) is 8.80. The van der Waals surface area contributed by atoms with E-state index >= 15 is 0 Å². The second kappa shape index (κ2) is 4.58. The first-order valence-electron chi connectivity index (χ1n) is 5.19. The number of ether oxygens (including phenoxy) is 1. The van der Waals surface area contributed by atoms with E-state index in [1.165, 1.54) is 0 Å². The molecule has 0 saturated carbocycles. The zero-order valence-electron chi connectivity index (χ0n) is 9.47. The summed E-state index contributed by atoms with van der Waals surface area (Å²) in [6.07, 6.45) is 0. The molecule has 0 fully saturated rings. The highest BCUT2D eigenvalue weighted by molar-refractivity contribution is 5.80. The molecule has 0 atom stereocenters. The number of nitriles is 1. The van der Waals surface area contributed by atoms with Gasteiger partial charge in [0, 0.05) is 5.56 Å². The summed E-state index contributed by atoms with van der Waals surface area (Å²) in [5.74, 6) is 0.795. The maximum atomic E-state index is 8.92. The van der Waals surface area contributed by atoms with Crippen molar-refractivity contribution in [3.63, 3.8) is 0 Å². The Balaban J connectivity index is 2.50. The van der Waals surface area contributed by atoms with Gasteiger partial charge in [0.2, 0.25) is 0 Å². The number of rotatable bonds is 2. The largest absolute Gasteiger partial charge is 0.497 e. The average molecular weight is 224 g/mol. The van der Waals surface area contributed by atoms with Gasteiger partial charge < -0.3 is 10.5 Å². The lowest BCUT2D eigenvalue weighted by Crippen LogP contribution is -1.94. The summed E-state index contributed by atoms with van der Waals surface area (Å²) >= 11 is 0. The van der Waals surface area contributed by atoms with Gasteiger partial charge in [-0.1, -0.05) is 24.3 Å². The van der Waals surface area contributed by atoms with Crippen LogP contribution in [0.1, 0.15) is 5.56 Å². The molecular formula is C14H12N2O. The number of anilines is 1. The highest BCUT2D eigenvalue weighted by Gasteiger charge is 2.06. The van der Waals surface area contributed by atoms with Crippen molar-refractivity contribution in [2.24, 2.45) is 0 Å². The number of nitrogens with two attached hydrogens (primary N) is 1. The van der Waals surface area contributed by atoms with E-state index in [-0.39, 0.29) is 0 Å². The molecule has 0 spiro atoms. The van der Waals surface area contributed by atoms with Crippen molar-refractivity contribution in [2.75, 3.05) is 12.8 Å². The molecule has 17 heavy (non-hydrogen) atoms. The Bertz CT molecular complexity index is 568.